The van der Waals surface area contributed by atoms with Crippen molar-refractivity contribution in [2.24, 2.45) is 0 Å². The average Bonchev–Trinajstić information content (AvgIpc) is 0.722. The molecule has 0 amide bonds. The molecule has 0 aromatic heterocycles. The summed E-state index contributed by atoms with van der Waals surface area (Å²) >= 11 is 0. The van der Waals surface area contributed by atoms with Crippen LogP contribution in [-0.4, -0.2) is 9.05 Å². The van der Waals surface area contributed by atoms with E-state index in [9.17, 15) is 0 Å². The Morgan fingerprint density at radius 1 is 0.857 bits per heavy atom. The molecular formula is CoO4SiZn. The van der Waals surface area contributed by atoms with Crippen molar-refractivity contribution in [1.29, 1.82) is 0 Å². The Kier molecular flexibility index (Phi) is 12.0. The summed E-state index contributed by atoms with van der Waals surface area (Å²) in [6, 6.07) is 0. The van der Waals surface area contributed by atoms with E-state index in [0.29, 0.717) is 0 Å². The SMILES string of the molecule is [Co+2].[O-][Si]([O-])([O-])[O-].[Zn+2]. The van der Waals surface area contributed by atoms with Gasteiger partial charge >= 0.3 is 36.3 Å². The fourth-order valence-corrected chi connectivity index (χ4v) is 0. The van der Waals surface area contributed by atoms with E-state index in [-0.39, 0.29) is 36.3 Å². The first-order valence-corrected chi connectivity index (χ1v) is 2.45. The van der Waals surface area contributed by atoms with E-state index in [1.165, 1.54) is 0 Å². The zero-order valence-electron chi connectivity index (χ0n) is 3.17. The van der Waals surface area contributed by atoms with Gasteiger partial charge in [0.25, 0.3) is 0 Å². The van der Waals surface area contributed by atoms with Crippen molar-refractivity contribution in [3.05, 3.63) is 0 Å². The van der Waals surface area contributed by atoms with Gasteiger partial charge in [-0.3, -0.25) is 0 Å². The zero-order valence-corrected chi connectivity index (χ0v) is 8.18. The van der Waals surface area contributed by atoms with Crippen LogP contribution in [0.4, 0.5) is 0 Å². The maximum absolute atomic E-state index is 8.58. The molecule has 1 radical (unpaired) electrons. The van der Waals surface area contributed by atoms with E-state index in [4.69, 9.17) is 19.2 Å². The van der Waals surface area contributed by atoms with Crippen LogP contribution in [0.1, 0.15) is 0 Å². The Morgan fingerprint density at radius 3 is 0.857 bits per heavy atom. The molecule has 0 aromatic carbocycles. The van der Waals surface area contributed by atoms with Crippen molar-refractivity contribution in [3.63, 3.8) is 0 Å². The van der Waals surface area contributed by atoms with Gasteiger partial charge in [-0.1, -0.05) is 0 Å². The van der Waals surface area contributed by atoms with Crippen molar-refractivity contribution < 1.29 is 55.4 Å². The fourth-order valence-electron chi connectivity index (χ4n) is 0. The van der Waals surface area contributed by atoms with Crippen LogP contribution in [0.5, 0.6) is 0 Å². The molecule has 0 aliphatic rings. The Morgan fingerprint density at radius 2 is 0.857 bits per heavy atom. The molecule has 4 nitrogen and oxygen atoms in total. The summed E-state index contributed by atoms with van der Waals surface area (Å²) in [6.45, 7) is 0. The van der Waals surface area contributed by atoms with Crippen LogP contribution in [0.2, 0.25) is 0 Å². The minimum atomic E-state index is -5.61. The molecule has 0 atom stereocenters. The van der Waals surface area contributed by atoms with Gasteiger partial charge in [0.1, 0.15) is 0 Å². The summed E-state index contributed by atoms with van der Waals surface area (Å²) in [4.78, 5) is 34.3. The van der Waals surface area contributed by atoms with Crippen molar-refractivity contribution >= 4 is 9.05 Å². The second kappa shape index (κ2) is 5.33. The summed E-state index contributed by atoms with van der Waals surface area (Å²) < 4.78 is 0. The Balaban J connectivity index is -0.0000000800. The summed E-state index contributed by atoms with van der Waals surface area (Å²) in [5, 5.41) is 0. The van der Waals surface area contributed by atoms with Gasteiger partial charge in [-0.2, -0.15) is 0 Å². The molecule has 0 rings (SSSR count). The molecule has 0 aromatic rings. The average molecular weight is 216 g/mol. The van der Waals surface area contributed by atoms with Crippen LogP contribution in [0, 0.1) is 0 Å². The Bertz CT molecular complexity index is 27.2. The standard InChI is InChI=1S/Co.O4Si.Zn/c;1-5(2,3)4;/q+2;-4;+2. The molecule has 0 saturated heterocycles. The van der Waals surface area contributed by atoms with Gasteiger partial charge in [-0.25, -0.2) is 0 Å². The predicted octanol–water partition coefficient (Wildman–Crippen LogP) is -5.14. The molecule has 7 heteroatoms. The second-order valence-electron chi connectivity index (χ2n) is 0.500. The van der Waals surface area contributed by atoms with Gasteiger partial charge in [0.05, 0.1) is 0 Å². The second-order valence-corrected chi connectivity index (χ2v) is 1.50. The maximum atomic E-state index is 8.58. The summed E-state index contributed by atoms with van der Waals surface area (Å²) in [7, 11) is -5.61. The normalized spacial score (nSPS) is 8.57. The fraction of sp³-hybridized carbons (Fsp3) is 0. The first-order chi connectivity index (χ1) is 2.00. The molecule has 0 fully saturated rings. The molecular weight excluding hydrogens is 216 g/mol. The number of hydrogen-bond acceptors (Lipinski definition) is 4. The van der Waals surface area contributed by atoms with Gasteiger partial charge in [0.15, 0.2) is 0 Å². The number of hydrogen-bond donors (Lipinski definition) is 0. The predicted molar refractivity (Wildman–Crippen MR) is 5.75 cm³/mol. The van der Waals surface area contributed by atoms with Crippen molar-refractivity contribution in [2.45, 2.75) is 0 Å². The van der Waals surface area contributed by atoms with E-state index >= 15 is 0 Å². The van der Waals surface area contributed by atoms with Gasteiger partial charge in [-0.05, 0) is 0 Å². The molecule has 0 heterocycles. The van der Waals surface area contributed by atoms with Crippen LogP contribution in [-0.2, 0) is 36.3 Å². The van der Waals surface area contributed by atoms with Crippen molar-refractivity contribution in [3.8, 4) is 0 Å². The molecule has 39 valence electrons. The van der Waals surface area contributed by atoms with Gasteiger partial charge < -0.3 is 28.2 Å². The van der Waals surface area contributed by atoms with E-state index in [0.717, 1.165) is 0 Å². The quantitative estimate of drug-likeness (QED) is 0.379. The first-order valence-electron chi connectivity index (χ1n) is 0.816. The van der Waals surface area contributed by atoms with Gasteiger partial charge in [0.2, 0.25) is 0 Å². The first kappa shape index (κ1) is 15.7. The molecule has 0 aliphatic carbocycles. The molecule has 0 bridgehead atoms. The zero-order chi connectivity index (χ0) is 4.50. The van der Waals surface area contributed by atoms with Crippen LogP contribution in [0.15, 0.2) is 0 Å². The Labute approximate surface area is 64.6 Å². The molecule has 0 unspecified atom stereocenters. The molecule has 0 N–H and O–H groups in total. The summed E-state index contributed by atoms with van der Waals surface area (Å²) in [5.41, 5.74) is 0. The molecule has 0 spiro atoms. The summed E-state index contributed by atoms with van der Waals surface area (Å²) in [6.07, 6.45) is 0. The van der Waals surface area contributed by atoms with E-state index in [2.05, 4.69) is 0 Å². The molecule has 0 aliphatic heterocycles. The maximum Gasteiger partial charge on any atom is 2.00 e. The minimum Gasteiger partial charge on any atom is -0.894 e. The summed E-state index contributed by atoms with van der Waals surface area (Å²) in [5.74, 6) is 0. The van der Waals surface area contributed by atoms with Gasteiger partial charge in [-0.15, -0.1) is 0 Å². The minimum absolute atomic E-state index is 0. The van der Waals surface area contributed by atoms with Crippen LogP contribution in [0.3, 0.4) is 0 Å². The van der Waals surface area contributed by atoms with E-state index in [1.807, 2.05) is 0 Å². The third-order valence-electron chi connectivity index (χ3n) is 0. The largest absolute Gasteiger partial charge is 2.00 e. The smallest absolute Gasteiger partial charge is 0.894 e. The third-order valence-corrected chi connectivity index (χ3v) is 0. The van der Waals surface area contributed by atoms with Crippen LogP contribution in [0.25, 0.3) is 0 Å². The third kappa shape index (κ3) is 137. The van der Waals surface area contributed by atoms with Crippen molar-refractivity contribution in [1.82, 2.24) is 0 Å². The Hall–Kier alpha value is 1.19. The monoisotopic (exact) mass is 215 g/mol. The van der Waals surface area contributed by atoms with E-state index < -0.39 is 9.05 Å². The molecule has 0 saturated carbocycles. The van der Waals surface area contributed by atoms with Gasteiger partial charge in [0, 0.05) is 0 Å². The van der Waals surface area contributed by atoms with Crippen LogP contribution < -0.4 is 19.2 Å². The van der Waals surface area contributed by atoms with E-state index in [1.54, 1.807) is 0 Å². The molecule has 7 heavy (non-hydrogen) atoms. The van der Waals surface area contributed by atoms with Crippen LogP contribution >= 0.6 is 0 Å². The number of rotatable bonds is 0. The topological polar surface area (TPSA) is 92.2 Å². The van der Waals surface area contributed by atoms with Crippen molar-refractivity contribution in [2.75, 3.05) is 0 Å².